The maximum atomic E-state index is 12.3. The van der Waals surface area contributed by atoms with Gasteiger partial charge in [-0.25, -0.2) is 8.78 Å². The van der Waals surface area contributed by atoms with Crippen molar-refractivity contribution in [2.45, 2.75) is 18.2 Å². The van der Waals surface area contributed by atoms with E-state index in [4.69, 9.17) is 5.26 Å². The molecule has 0 unspecified atom stereocenters. The summed E-state index contributed by atoms with van der Waals surface area (Å²) in [6, 6.07) is 3.25. The number of rotatable bonds is 3. The fourth-order valence-electron chi connectivity index (χ4n) is 1.04. The van der Waals surface area contributed by atoms with Gasteiger partial charge < -0.3 is 0 Å². The van der Waals surface area contributed by atoms with Gasteiger partial charge in [0.2, 0.25) is 0 Å². The summed E-state index contributed by atoms with van der Waals surface area (Å²) in [5.41, 5.74) is 1.05. The highest BCUT2D eigenvalue weighted by atomic mass is 79.9. The third-order valence-corrected chi connectivity index (χ3v) is 2.26. The average Bonchev–Trinajstić information content (AvgIpc) is 2.18. The van der Waals surface area contributed by atoms with Gasteiger partial charge >= 0.3 is 0 Å². The summed E-state index contributed by atoms with van der Waals surface area (Å²) in [7, 11) is 0. The molecular weight excluding hydrogens is 254 g/mol. The molecule has 0 spiro atoms. The Kier molecular flexibility index (Phi) is 3.96. The van der Waals surface area contributed by atoms with E-state index in [1.807, 2.05) is 6.07 Å². The first-order chi connectivity index (χ1) is 6.69. The fourth-order valence-corrected chi connectivity index (χ4v) is 1.54. The molecule has 1 heterocycles. The molecule has 0 saturated heterocycles. The van der Waals surface area contributed by atoms with Crippen molar-refractivity contribution < 1.29 is 8.78 Å². The highest BCUT2D eigenvalue weighted by Crippen LogP contribution is 2.21. The maximum absolute atomic E-state index is 12.3. The first-order valence-corrected chi connectivity index (χ1v) is 5.00. The van der Waals surface area contributed by atoms with Gasteiger partial charge in [0.1, 0.15) is 0 Å². The second-order valence-electron chi connectivity index (χ2n) is 2.64. The Morgan fingerprint density at radius 2 is 2.29 bits per heavy atom. The van der Waals surface area contributed by atoms with Crippen LogP contribution in [0.5, 0.6) is 0 Å². The molecule has 0 radical (unpaired) electrons. The van der Waals surface area contributed by atoms with Crippen LogP contribution in [0.15, 0.2) is 12.3 Å². The van der Waals surface area contributed by atoms with Crippen molar-refractivity contribution in [2.75, 3.05) is 0 Å². The number of nitrogens with zero attached hydrogens (tertiary/aromatic N) is 2. The van der Waals surface area contributed by atoms with Crippen molar-refractivity contribution in [3.63, 3.8) is 0 Å². The molecule has 0 saturated carbocycles. The van der Waals surface area contributed by atoms with E-state index in [0.717, 1.165) is 6.20 Å². The minimum Gasteiger partial charge on any atom is -0.260 e. The number of pyridine rings is 1. The first kappa shape index (κ1) is 11.1. The molecule has 0 N–H and O–H groups in total. The lowest BCUT2D eigenvalue weighted by Gasteiger charge is -2.05. The molecule has 14 heavy (non-hydrogen) atoms. The molecule has 74 valence electrons. The number of nitriles is 1. The molecule has 1 rings (SSSR count). The zero-order valence-electron chi connectivity index (χ0n) is 7.17. The van der Waals surface area contributed by atoms with Crippen molar-refractivity contribution in [3.05, 3.63) is 29.1 Å². The molecule has 0 bridgehead atoms. The van der Waals surface area contributed by atoms with Crippen LogP contribution in [-0.2, 0) is 11.8 Å². The van der Waals surface area contributed by atoms with E-state index in [0.29, 0.717) is 16.6 Å². The van der Waals surface area contributed by atoms with E-state index in [2.05, 4.69) is 20.9 Å². The second-order valence-corrected chi connectivity index (χ2v) is 3.20. The van der Waals surface area contributed by atoms with Crippen molar-refractivity contribution in [3.8, 4) is 6.07 Å². The van der Waals surface area contributed by atoms with Crippen LogP contribution in [0.25, 0.3) is 0 Å². The van der Waals surface area contributed by atoms with E-state index < -0.39 is 6.43 Å². The third-order valence-electron chi connectivity index (χ3n) is 1.73. The number of hydrogen-bond donors (Lipinski definition) is 0. The normalized spacial score (nSPS) is 10.2. The zero-order valence-corrected chi connectivity index (χ0v) is 8.76. The number of hydrogen-bond acceptors (Lipinski definition) is 2. The summed E-state index contributed by atoms with van der Waals surface area (Å²) in [6.45, 7) is 0. The Morgan fingerprint density at radius 1 is 1.57 bits per heavy atom. The van der Waals surface area contributed by atoms with Gasteiger partial charge in [-0.15, -0.1) is 0 Å². The third kappa shape index (κ3) is 2.48. The SMILES string of the molecule is N#CCc1cc(C(F)F)cnc1CBr. The van der Waals surface area contributed by atoms with Gasteiger partial charge in [0.05, 0.1) is 18.2 Å². The van der Waals surface area contributed by atoms with E-state index in [-0.39, 0.29) is 12.0 Å². The quantitative estimate of drug-likeness (QED) is 0.784. The van der Waals surface area contributed by atoms with Crippen LogP contribution in [0.4, 0.5) is 8.78 Å². The predicted octanol–water partition coefficient (Wildman–Crippen LogP) is 2.98. The Hall–Kier alpha value is -1.02. The van der Waals surface area contributed by atoms with Gasteiger partial charge in [-0.1, -0.05) is 15.9 Å². The first-order valence-electron chi connectivity index (χ1n) is 3.87. The molecule has 0 atom stereocenters. The Morgan fingerprint density at radius 3 is 2.79 bits per heavy atom. The Bertz CT molecular complexity index is 360. The average molecular weight is 261 g/mol. The summed E-state index contributed by atoms with van der Waals surface area (Å²) < 4.78 is 24.6. The molecule has 0 aliphatic heterocycles. The van der Waals surface area contributed by atoms with E-state index in [1.54, 1.807) is 0 Å². The van der Waals surface area contributed by atoms with Crippen LogP contribution in [0.2, 0.25) is 0 Å². The molecule has 1 aromatic heterocycles. The molecule has 2 nitrogen and oxygen atoms in total. The minimum absolute atomic E-state index is 0.106. The fraction of sp³-hybridized carbons (Fsp3) is 0.333. The van der Waals surface area contributed by atoms with Crippen molar-refractivity contribution in [1.82, 2.24) is 4.98 Å². The van der Waals surface area contributed by atoms with Crippen LogP contribution in [0, 0.1) is 11.3 Å². The largest absolute Gasteiger partial charge is 0.265 e. The topological polar surface area (TPSA) is 36.7 Å². The van der Waals surface area contributed by atoms with Gasteiger partial charge in [0.25, 0.3) is 6.43 Å². The van der Waals surface area contributed by atoms with E-state index in [9.17, 15) is 8.78 Å². The Balaban J connectivity index is 3.08. The molecular formula is C9H7BrF2N2. The van der Waals surface area contributed by atoms with Crippen molar-refractivity contribution >= 4 is 15.9 Å². The molecule has 0 fully saturated rings. The van der Waals surface area contributed by atoms with E-state index in [1.165, 1.54) is 6.07 Å². The van der Waals surface area contributed by atoms with Gasteiger partial charge in [0, 0.05) is 17.1 Å². The van der Waals surface area contributed by atoms with Crippen LogP contribution in [-0.4, -0.2) is 4.98 Å². The molecule has 0 aliphatic carbocycles. The lowest BCUT2D eigenvalue weighted by molar-refractivity contribution is 0.151. The Labute approximate surface area is 88.7 Å². The second kappa shape index (κ2) is 5.01. The van der Waals surface area contributed by atoms with Gasteiger partial charge in [-0.2, -0.15) is 5.26 Å². The lowest BCUT2D eigenvalue weighted by Crippen LogP contribution is -1.97. The van der Waals surface area contributed by atoms with Crippen LogP contribution in [0.1, 0.15) is 23.2 Å². The molecule has 0 aliphatic rings. The number of aromatic nitrogens is 1. The zero-order chi connectivity index (χ0) is 10.6. The lowest BCUT2D eigenvalue weighted by atomic mass is 10.1. The highest BCUT2D eigenvalue weighted by Gasteiger charge is 2.11. The van der Waals surface area contributed by atoms with Crippen molar-refractivity contribution in [2.24, 2.45) is 0 Å². The van der Waals surface area contributed by atoms with Crippen molar-refractivity contribution in [1.29, 1.82) is 5.26 Å². The molecule has 5 heteroatoms. The van der Waals surface area contributed by atoms with Crippen LogP contribution >= 0.6 is 15.9 Å². The van der Waals surface area contributed by atoms with Crippen LogP contribution < -0.4 is 0 Å². The minimum atomic E-state index is -2.54. The van der Waals surface area contributed by atoms with Gasteiger partial charge in [-0.05, 0) is 11.6 Å². The number of alkyl halides is 3. The van der Waals surface area contributed by atoms with Gasteiger partial charge in [0.15, 0.2) is 0 Å². The van der Waals surface area contributed by atoms with Gasteiger partial charge in [-0.3, -0.25) is 4.98 Å². The summed E-state index contributed by atoms with van der Waals surface area (Å²) in [6.07, 6.45) is -1.29. The monoisotopic (exact) mass is 260 g/mol. The summed E-state index contributed by atoms with van der Waals surface area (Å²) in [5.74, 6) is 0. The maximum Gasteiger partial charge on any atom is 0.265 e. The number of halogens is 3. The smallest absolute Gasteiger partial charge is 0.260 e. The standard InChI is InChI=1S/C9H7BrF2N2/c10-4-8-6(1-2-13)3-7(5-14-8)9(11)12/h3,5,9H,1,4H2. The highest BCUT2D eigenvalue weighted by molar-refractivity contribution is 9.08. The summed E-state index contributed by atoms with van der Waals surface area (Å²) in [4.78, 5) is 3.86. The predicted molar refractivity (Wildman–Crippen MR) is 51.1 cm³/mol. The molecule has 0 aromatic carbocycles. The van der Waals surface area contributed by atoms with E-state index >= 15 is 0 Å². The van der Waals surface area contributed by atoms with Crippen LogP contribution in [0.3, 0.4) is 0 Å². The molecule has 0 amide bonds. The summed E-state index contributed by atoms with van der Waals surface area (Å²) >= 11 is 3.18. The summed E-state index contributed by atoms with van der Waals surface area (Å²) in [5, 5.41) is 8.95. The molecule has 1 aromatic rings.